The Balaban J connectivity index is 1.77. The van der Waals surface area contributed by atoms with Crippen molar-refractivity contribution in [3.63, 3.8) is 0 Å². The lowest BCUT2D eigenvalue weighted by Gasteiger charge is -2.24. The number of Topliss-reactive ketones (excluding diaryl/α,β-unsaturated/α-hetero) is 1. The van der Waals surface area contributed by atoms with Crippen LogP contribution in [0.15, 0.2) is 60.2 Å². The molecule has 0 saturated carbocycles. The average Bonchev–Trinajstić information content (AvgIpc) is 3.42. The molecule has 4 aromatic rings. The smallest absolute Gasteiger partial charge is 0.301 e. The number of aliphatic hydroxyl groups is 1. The number of carbonyl (C=O) groups is 2. The maximum atomic E-state index is 13.6. The number of anilines is 1. The Bertz CT molecular complexity index is 1600. The molecule has 8 heteroatoms. The van der Waals surface area contributed by atoms with Gasteiger partial charge in [-0.1, -0.05) is 35.6 Å². The van der Waals surface area contributed by atoms with Crippen molar-refractivity contribution in [2.45, 2.75) is 26.8 Å². The number of aliphatic hydroxyl groups excluding tert-OH is 1. The number of carbonyl (C=O) groups excluding carboxylic acids is 2. The molecule has 1 amide bonds. The monoisotopic (exact) mass is 514 g/mol. The molecule has 1 aliphatic heterocycles. The minimum absolute atomic E-state index is 0.0220. The Morgan fingerprint density at radius 2 is 1.68 bits per heavy atom. The minimum atomic E-state index is -0.930. The van der Waals surface area contributed by atoms with Crippen molar-refractivity contribution in [3.05, 3.63) is 88.0 Å². The highest BCUT2D eigenvalue weighted by Gasteiger charge is 2.49. The molecular weight excluding hydrogens is 488 g/mol. The maximum absolute atomic E-state index is 13.6. The molecule has 1 atom stereocenters. The number of aryl methyl sites for hydroxylation is 3. The Morgan fingerprint density at radius 1 is 0.946 bits per heavy atom. The number of thiazole rings is 1. The highest BCUT2D eigenvalue weighted by molar-refractivity contribution is 7.22. The molecule has 1 saturated heterocycles. The summed E-state index contributed by atoms with van der Waals surface area (Å²) in [6, 6.07) is 15.4. The molecular formula is C29H26N2O5S. The van der Waals surface area contributed by atoms with E-state index in [2.05, 4.69) is 0 Å². The molecule has 1 aliphatic rings. The summed E-state index contributed by atoms with van der Waals surface area (Å²) in [5, 5.41) is 11.8. The number of ketones is 1. The second-order valence-corrected chi connectivity index (χ2v) is 10.0. The zero-order valence-corrected chi connectivity index (χ0v) is 22.0. The van der Waals surface area contributed by atoms with Gasteiger partial charge in [0, 0.05) is 11.1 Å². The van der Waals surface area contributed by atoms with Crippen LogP contribution >= 0.6 is 11.3 Å². The fraction of sp³-hybridized carbons (Fsp3) is 0.207. The van der Waals surface area contributed by atoms with Crippen LogP contribution in [0.25, 0.3) is 16.0 Å². The number of ether oxygens (including phenoxy) is 2. The molecule has 0 spiro atoms. The maximum Gasteiger partial charge on any atom is 0.301 e. The van der Waals surface area contributed by atoms with Crippen LogP contribution in [0.5, 0.6) is 11.5 Å². The van der Waals surface area contributed by atoms with Gasteiger partial charge in [-0.25, -0.2) is 4.98 Å². The van der Waals surface area contributed by atoms with E-state index in [1.54, 1.807) is 43.5 Å². The summed E-state index contributed by atoms with van der Waals surface area (Å²) in [6.45, 7) is 5.82. The second-order valence-electron chi connectivity index (χ2n) is 9.02. The van der Waals surface area contributed by atoms with Crippen molar-refractivity contribution >= 4 is 44.1 Å². The van der Waals surface area contributed by atoms with E-state index >= 15 is 0 Å². The van der Waals surface area contributed by atoms with Gasteiger partial charge < -0.3 is 14.6 Å². The third-order valence-electron chi connectivity index (χ3n) is 6.57. The first-order chi connectivity index (χ1) is 17.7. The van der Waals surface area contributed by atoms with Gasteiger partial charge in [-0.15, -0.1) is 0 Å². The van der Waals surface area contributed by atoms with Crippen LogP contribution in [0.4, 0.5) is 5.13 Å². The molecule has 1 aromatic heterocycles. The Morgan fingerprint density at radius 3 is 2.38 bits per heavy atom. The summed E-state index contributed by atoms with van der Waals surface area (Å²) in [4.78, 5) is 33.2. The predicted octanol–water partition coefficient (Wildman–Crippen LogP) is 5.87. The van der Waals surface area contributed by atoms with E-state index in [0.29, 0.717) is 27.8 Å². The fourth-order valence-electron chi connectivity index (χ4n) is 4.86. The van der Waals surface area contributed by atoms with Crippen LogP contribution < -0.4 is 14.4 Å². The van der Waals surface area contributed by atoms with E-state index in [-0.39, 0.29) is 11.3 Å². The number of hydrogen-bond donors (Lipinski definition) is 1. The van der Waals surface area contributed by atoms with Crippen molar-refractivity contribution in [1.29, 1.82) is 0 Å². The van der Waals surface area contributed by atoms with Gasteiger partial charge in [0.05, 0.1) is 30.0 Å². The molecule has 0 radical (unpaired) electrons. The molecule has 2 heterocycles. The van der Waals surface area contributed by atoms with Crippen molar-refractivity contribution in [2.24, 2.45) is 0 Å². The van der Waals surface area contributed by atoms with Crippen LogP contribution in [-0.4, -0.2) is 36.0 Å². The lowest BCUT2D eigenvalue weighted by atomic mass is 9.94. The highest BCUT2D eigenvalue weighted by Crippen LogP contribution is 2.47. The lowest BCUT2D eigenvalue weighted by Crippen LogP contribution is -2.29. The summed E-state index contributed by atoms with van der Waals surface area (Å²) in [5.74, 6) is -0.663. The fourth-order valence-corrected chi connectivity index (χ4v) is 6.03. The third-order valence-corrected chi connectivity index (χ3v) is 7.57. The predicted molar refractivity (Wildman–Crippen MR) is 145 cm³/mol. The standard InChI is InChI=1S/C29H26N2O5S/c1-15-12-17(3)24-22(13-15)37-29(30-24)31-25(19-8-6-7-9-21(19)36-5)23(27(33)28(31)34)26(32)18-10-11-20(35-4)16(2)14-18/h6-14,25,32H,1-5H3. The van der Waals surface area contributed by atoms with Gasteiger partial charge >= 0.3 is 5.91 Å². The third kappa shape index (κ3) is 4.03. The summed E-state index contributed by atoms with van der Waals surface area (Å²) >= 11 is 1.34. The number of benzene rings is 3. The second kappa shape index (κ2) is 9.37. The Kier molecular flexibility index (Phi) is 6.21. The van der Waals surface area contributed by atoms with E-state index < -0.39 is 17.7 Å². The number of para-hydroxylation sites is 1. The lowest BCUT2D eigenvalue weighted by molar-refractivity contribution is -0.132. The van der Waals surface area contributed by atoms with Crippen LogP contribution in [0, 0.1) is 20.8 Å². The molecule has 1 fully saturated rings. The molecule has 7 nitrogen and oxygen atoms in total. The molecule has 1 unspecified atom stereocenters. The molecule has 5 rings (SSSR count). The van der Waals surface area contributed by atoms with Crippen molar-refractivity contribution in [3.8, 4) is 11.5 Å². The van der Waals surface area contributed by atoms with E-state index in [9.17, 15) is 14.7 Å². The number of amides is 1. The number of methoxy groups -OCH3 is 2. The van der Waals surface area contributed by atoms with E-state index in [1.165, 1.54) is 23.3 Å². The number of rotatable bonds is 5. The van der Waals surface area contributed by atoms with Gasteiger partial charge in [0.15, 0.2) is 5.13 Å². The topological polar surface area (TPSA) is 89.0 Å². The van der Waals surface area contributed by atoms with Crippen LogP contribution in [-0.2, 0) is 9.59 Å². The first-order valence-electron chi connectivity index (χ1n) is 11.7. The van der Waals surface area contributed by atoms with Crippen molar-refractivity contribution in [2.75, 3.05) is 19.1 Å². The van der Waals surface area contributed by atoms with Crippen LogP contribution in [0.3, 0.4) is 0 Å². The summed E-state index contributed by atoms with van der Waals surface area (Å²) in [7, 11) is 3.10. The molecule has 37 heavy (non-hydrogen) atoms. The number of hydrogen-bond acceptors (Lipinski definition) is 7. The highest BCUT2D eigenvalue weighted by atomic mass is 32.1. The van der Waals surface area contributed by atoms with Gasteiger partial charge in [-0.3, -0.25) is 14.5 Å². The Labute approximate surface area is 218 Å². The molecule has 0 aliphatic carbocycles. The zero-order valence-electron chi connectivity index (χ0n) is 21.2. The number of aromatic nitrogens is 1. The first-order valence-corrected chi connectivity index (χ1v) is 12.5. The van der Waals surface area contributed by atoms with Crippen molar-refractivity contribution < 1.29 is 24.2 Å². The normalized spacial score (nSPS) is 17.0. The number of nitrogens with zero attached hydrogens (tertiary/aromatic N) is 2. The van der Waals surface area contributed by atoms with Crippen LogP contribution in [0.2, 0.25) is 0 Å². The minimum Gasteiger partial charge on any atom is -0.507 e. The largest absolute Gasteiger partial charge is 0.507 e. The van der Waals surface area contributed by atoms with E-state index in [0.717, 1.165) is 26.9 Å². The zero-order chi connectivity index (χ0) is 26.4. The average molecular weight is 515 g/mol. The van der Waals surface area contributed by atoms with E-state index in [1.807, 2.05) is 39.0 Å². The van der Waals surface area contributed by atoms with E-state index in [4.69, 9.17) is 14.5 Å². The summed E-state index contributed by atoms with van der Waals surface area (Å²) in [6.07, 6.45) is 0. The molecule has 188 valence electrons. The van der Waals surface area contributed by atoms with Gasteiger partial charge in [0.25, 0.3) is 5.78 Å². The molecule has 1 N–H and O–H groups in total. The summed E-state index contributed by atoms with van der Waals surface area (Å²) in [5.41, 5.74) is 4.58. The number of fused-ring (bicyclic) bond motifs is 1. The molecule has 0 bridgehead atoms. The van der Waals surface area contributed by atoms with Crippen molar-refractivity contribution in [1.82, 2.24) is 4.98 Å². The van der Waals surface area contributed by atoms with Gasteiger partial charge in [-0.2, -0.15) is 0 Å². The van der Waals surface area contributed by atoms with Gasteiger partial charge in [-0.05, 0) is 67.8 Å². The summed E-state index contributed by atoms with van der Waals surface area (Å²) < 4.78 is 11.9. The quantitative estimate of drug-likeness (QED) is 0.204. The van der Waals surface area contributed by atoms with Gasteiger partial charge in [0.1, 0.15) is 23.3 Å². The molecule has 3 aromatic carbocycles. The Hall–Kier alpha value is -4.17. The van der Waals surface area contributed by atoms with Crippen LogP contribution in [0.1, 0.15) is 33.9 Å². The SMILES string of the molecule is COc1ccc(C(O)=C2C(=O)C(=O)N(c3nc4c(C)cc(C)cc4s3)C2c2ccccc2OC)cc1C. The van der Waals surface area contributed by atoms with Gasteiger partial charge in [0.2, 0.25) is 0 Å². The first kappa shape index (κ1) is 24.5.